The van der Waals surface area contributed by atoms with Crippen LogP contribution in [0.25, 0.3) is 11.0 Å². The van der Waals surface area contributed by atoms with Crippen molar-refractivity contribution in [2.24, 2.45) is 0 Å². The van der Waals surface area contributed by atoms with Crippen LogP contribution in [-0.2, 0) is 4.79 Å². The first-order valence-electron chi connectivity index (χ1n) is 5.42. The Morgan fingerprint density at radius 3 is 2.94 bits per heavy atom. The van der Waals surface area contributed by atoms with Crippen molar-refractivity contribution in [2.75, 3.05) is 0 Å². The molecule has 0 fully saturated rings. The molecular weight excluding hydrogens is 331 g/mol. The van der Waals surface area contributed by atoms with Crippen molar-refractivity contribution >= 4 is 39.5 Å². The molecular formula is C13H13IO3. The average molecular weight is 344 g/mol. The highest BCUT2D eigenvalue weighted by Gasteiger charge is 2.30. The molecule has 0 aliphatic rings. The first-order chi connectivity index (χ1) is 8.04. The Hall–Kier alpha value is -1.04. The lowest BCUT2D eigenvalue weighted by molar-refractivity contribution is -0.136. The van der Waals surface area contributed by atoms with Crippen LogP contribution in [0.4, 0.5) is 0 Å². The number of halogens is 1. The first-order valence-corrected chi connectivity index (χ1v) is 6.50. The predicted octanol–water partition coefficient (Wildman–Crippen LogP) is 3.94. The molecule has 1 heterocycles. The van der Waals surface area contributed by atoms with Crippen LogP contribution in [0, 0.1) is 0 Å². The summed E-state index contributed by atoms with van der Waals surface area (Å²) in [6, 6.07) is 7.35. The quantitative estimate of drug-likeness (QED) is 0.366. The van der Waals surface area contributed by atoms with E-state index in [0.29, 0.717) is 11.3 Å². The molecule has 1 aromatic carbocycles. The molecule has 2 aromatic rings. The number of carbonyl (C=O) groups excluding carboxylic acids is 1. The van der Waals surface area contributed by atoms with Crippen LogP contribution < -0.4 is 4.74 Å². The second-order valence-electron chi connectivity index (χ2n) is 4.04. The Labute approximate surface area is 113 Å². The van der Waals surface area contributed by atoms with Crippen molar-refractivity contribution < 1.29 is 13.9 Å². The van der Waals surface area contributed by atoms with Crippen molar-refractivity contribution in [2.45, 2.75) is 23.7 Å². The van der Waals surface area contributed by atoms with Gasteiger partial charge in [-0.25, -0.2) is 0 Å². The van der Waals surface area contributed by atoms with Gasteiger partial charge in [-0.2, -0.15) is 0 Å². The van der Waals surface area contributed by atoms with Gasteiger partial charge in [0.25, 0.3) is 0 Å². The molecule has 0 amide bonds. The summed E-state index contributed by atoms with van der Waals surface area (Å²) in [7, 11) is 0. The summed E-state index contributed by atoms with van der Waals surface area (Å²) in [6.07, 6.45) is 2.31. The highest BCUT2D eigenvalue weighted by atomic mass is 127. The van der Waals surface area contributed by atoms with Crippen LogP contribution in [0.5, 0.6) is 5.75 Å². The number of carbonyl (C=O) groups is 1. The van der Waals surface area contributed by atoms with Crippen molar-refractivity contribution in [1.82, 2.24) is 0 Å². The lowest BCUT2D eigenvalue weighted by Crippen LogP contribution is -2.31. The van der Waals surface area contributed by atoms with Gasteiger partial charge < -0.3 is 9.15 Å². The second-order valence-corrected chi connectivity index (χ2v) is 6.42. The number of alkyl halides is 1. The minimum atomic E-state index is -0.507. The van der Waals surface area contributed by atoms with Gasteiger partial charge in [0.1, 0.15) is 3.42 Å². The maximum Gasteiger partial charge on any atom is 0.327 e. The lowest BCUT2D eigenvalue weighted by atomic mass is 10.1. The zero-order chi connectivity index (χ0) is 12.5. The van der Waals surface area contributed by atoms with Gasteiger partial charge in [-0.1, -0.05) is 41.6 Å². The molecule has 1 atom stereocenters. The van der Waals surface area contributed by atoms with Crippen LogP contribution in [-0.4, -0.2) is 9.39 Å². The Bertz CT molecular complexity index is 542. The van der Waals surface area contributed by atoms with E-state index in [1.165, 1.54) is 0 Å². The SMILES string of the molecule is CCC(C)(I)C(=O)Oc1cccc2ccoc12. The van der Waals surface area contributed by atoms with Crippen LogP contribution in [0.2, 0.25) is 0 Å². The summed E-state index contributed by atoms with van der Waals surface area (Å²) in [4.78, 5) is 12.0. The molecule has 0 spiro atoms. The number of ether oxygens (including phenoxy) is 1. The Morgan fingerprint density at radius 1 is 1.47 bits per heavy atom. The summed E-state index contributed by atoms with van der Waals surface area (Å²) >= 11 is 2.11. The number of rotatable bonds is 3. The fourth-order valence-electron chi connectivity index (χ4n) is 1.40. The van der Waals surface area contributed by atoms with Gasteiger partial charge in [0, 0.05) is 5.39 Å². The van der Waals surface area contributed by atoms with Crippen molar-refractivity contribution in [3.05, 3.63) is 30.5 Å². The maximum atomic E-state index is 12.0. The number of para-hydroxylation sites is 1. The van der Waals surface area contributed by atoms with E-state index in [-0.39, 0.29) is 5.97 Å². The summed E-state index contributed by atoms with van der Waals surface area (Å²) in [5.74, 6) is 0.235. The molecule has 90 valence electrons. The molecule has 4 heteroatoms. The van der Waals surface area contributed by atoms with Crippen molar-refractivity contribution in [1.29, 1.82) is 0 Å². The maximum absolute atomic E-state index is 12.0. The number of hydrogen-bond acceptors (Lipinski definition) is 3. The van der Waals surface area contributed by atoms with Gasteiger partial charge in [0.15, 0.2) is 11.3 Å². The minimum absolute atomic E-state index is 0.246. The van der Waals surface area contributed by atoms with Gasteiger partial charge in [-0.15, -0.1) is 0 Å². The zero-order valence-electron chi connectivity index (χ0n) is 9.70. The lowest BCUT2D eigenvalue weighted by Gasteiger charge is -2.18. The summed E-state index contributed by atoms with van der Waals surface area (Å²) in [6.45, 7) is 3.82. The van der Waals surface area contributed by atoms with E-state index in [2.05, 4.69) is 22.6 Å². The third-order valence-electron chi connectivity index (χ3n) is 2.74. The largest absolute Gasteiger partial charge is 0.460 e. The average Bonchev–Trinajstić information content (AvgIpc) is 2.78. The third kappa shape index (κ3) is 2.46. The van der Waals surface area contributed by atoms with E-state index in [1.54, 1.807) is 12.3 Å². The summed E-state index contributed by atoms with van der Waals surface area (Å²) in [5.41, 5.74) is 0.615. The van der Waals surface area contributed by atoms with E-state index in [1.807, 2.05) is 32.0 Å². The molecule has 0 radical (unpaired) electrons. The van der Waals surface area contributed by atoms with E-state index < -0.39 is 3.42 Å². The molecule has 17 heavy (non-hydrogen) atoms. The summed E-state index contributed by atoms with van der Waals surface area (Å²) < 4.78 is 10.2. The highest BCUT2D eigenvalue weighted by molar-refractivity contribution is 14.1. The molecule has 0 aliphatic heterocycles. The van der Waals surface area contributed by atoms with Gasteiger partial charge in [-0.05, 0) is 25.5 Å². The van der Waals surface area contributed by atoms with E-state index >= 15 is 0 Å². The second kappa shape index (κ2) is 4.68. The molecule has 0 N–H and O–H groups in total. The molecule has 0 aliphatic carbocycles. The van der Waals surface area contributed by atoms with Gasteiger partial charge in [0.05, 0.1) is 6.26 Å². The topological polar surface area (TPSA) is 39.4 Å². The number of furan rings is 1. The Morgan fingerprint density at radius 2 is 2.24 bits per heavy atom. The molecule has 0 saturated carbocycles. The molecule has 2 rings (SSSR count). The number of esters is 1. The van der Waals surface area contributed by atoms with Crippen LogP contribution >= 0.6 is 22.6 Å². The number of fused-ring (bicyclic) bond motifs is 1. The predicted molar refractivity (Wildman–Crippen MR) is 74.6 cm³/mol. The molecule has 1 unspecified atom stereocenters. The van der Waals surface area contributed by atoms with E-state index in [4.69, 9.17) is 9.15 Å². The van der Waals surface area contributed by atoms with E-state index in [9.17, 15) is 4.79 Å². The Kier molecular flexibility index (Phi) is 3.42. The number of hydrogen-bond donors (Lipinski definition) is 0. The monoisotopic (exact) mass is 344 g/mol. The van der Waals surface area contributed by atoms with Gasteiger partial charge >= 0.3 is 5.97 Å². The first kappa shape index (κ1) is 12.4. The van der Waals surface area contributed by atoms with Crippen molar-refractivity contribution in [3.63, 3.8) is 0 Å². The standard InChI is InChI=1S/C13H13IO3/c1-3-13(2,14)12(15)17-10-6-4-5-9-7-8-16-11(9)10/h4-8H,3H2,1-2H3. The smallest absolute Gasteiger partial charge is 0.327 e. The highest BCUT2D eigenvalue weighted by Crippen LogP contribution is 2.30. The normalized spacial score (nSPS) is 14.5. The molecule has 3 nitrogen and oxygen atoms in total. The molecule has 1 aromatic heterocycles. The van der Waals surface area contributed by atoms with E-state index in [0.717, 1.165) is 11.8 Å². The molecule has 0 saturated heterocycles. The van der Waals surface area contributed by atoms with Gasteiger partial charge in [-0.3, -0.25) is 4.79 Å². The minimum Gasteiger partial charge on any atom is -0.460 e. The van der Waals surface area contributed by atoms with Crippen LogP contribution in [0.1, 0.15) is 20.3 Å². The van der Waals surface area contributed by atoms with Crippen LogP contribution in [0.15, 0.2) is 34.9 Å². The molecule has 0 bridgehead atoms. The Balaban J connectivity index is 2.30. The van der Waals surface area contributed by atoms with Crippen LogP contribution in [0.3, 0.4) is 0 Å². The fourth-order valence-corrected chi connectivity index (χ4v) is 1.51. The summed E-state index contributed by atoms with van der Waals surface area (Å²) in [5, 5.41) is 0.932. The van der Waals surface area contributed by atoms with Gasteiger partial charge in [0.2, 0.25) is 0 Å². The number of benzene rings is 1. The fraction of sp³-hybridized carbons (Fsp3) is 0.308. The third-order valence-corrected chi connectivity index (χ3v) is 3.94. The zero-order valence-corrected chi connectivity index (χ0v) is 11.9. The van der Waals surface area contributed by atoms with Crippen molar-refractivity contribution in [3.8, 4) is 5.75 Å².